The summed E-state index contributed by atoms with van der Waals surface area (Å²) in [6.07, 6.45) is 5.07. The van der Waals surface area contributed by atoms with Crippen molar-refractivity contribution in [2.24, 2.45) is 0 Å². The first kappa shape index (κ1) is 14.7. The minimum Gasteiger partial charge on any atom is -0.452 e. The van der Waals surface area contributed by atoms with Crippen LogP contribution in [-0.4, -0.2) is 37.7 Å². The van der Waals surface area contributed by atoms with Gasteiger partial charge in [-0.05, 0) is 30.4 Å². The maximum absolute atomic E-state index is 11.5. The molecule has 0 spiro atoms. The molecule has 2 heterocycles. The second-order valence-electron chi connectivity index (χ2n) is 4.40. The molecule has 1 saturated heterocycles. The van der Waals surface area contributed by atoms with E-state index >= 15 is 0 Å². The molecule has 1 N–H and O–H groups in total. The van der Waals surface area contributed by atoms with Crippen LogP contribution >= 0.6 is 11.3 Å². The highest BCUT2D eigenvalue weighted by atomic mass is 32.1. The first-order valence-electron chi connectivity index (χ1n) is 6.50. The second-order valence-corrected chi connectivity index (χ2v) is 5.37. The highest BCUT2D eigenvalue weighted by Crippen LogP contribution is 2.11. The summed E-state index contributed by atoms with van der Waals surface area (Å²) < 4.78 is 10.2. The molecule has 1 amide bonds. The maximum Gasteiger partial charge on any atom is 0.331 e. The molecule has 1 aromatic heterocycles. The van der Waals surface area contributed by atoms with E-state index in [1.54, 1.807) is 6.08 Å². The summed E-state index contributed by atoms with van der Waals surface area (Å²) in [6, 6.07) is 3.79. The summed E-state index contributed by atoms with van der Waals surface area (Å²) in [5, 5.41) is 4.61. The van der Waals surface area contributed by atoms with Gasteiger partial charge in [0.05, 0.1) is 6.10 Å². The van der Waals surface area contributed by atoms with Gasteiger partial charge in [0, 0.05) is 24.1 Å². The first-order chi connectivity index (χ1) is 9.74. The largest absolute Gasteiger partial charge is 0.452 e. The fourth-order valence-electron chi connectivity index (χ4n) is 1.81. The Labute approximate surface area is 121 Å². The Kier molecular flexibility index (Phi) is 5.76. The molecule has 0 radical (unpaired) electrons. The lowest BCUT2D eigenvalue weighted by Gasteiger charge is -2.10. The molecule has 0 aliphatic carbocycles. The molecule has 1 unspecified atom stereocenters. The molecular weight excluding hydrogens is 278 g/mol. The molecular formula is C14H17NO4S. The first-order valence-corrected chi connectivity index (χ1v) is 7.38. The lowest BCUT2D eigenvalue weighted by atomic mass is 10.2. The summed E-state index contributed by atoms with van der Waals surface area (Å²) in [6.45, 7) is 0.963. The van der Waals surface area contributed by atoms with Crippen LogP contribution < -0.4 is 5.32 Å². The van der Waals surface area contributed by atoms with Gasteiger partial charge in [-0.1, -0.05) is 6.07 Å². The molecule has 1 aliphatic rings. The number of nitrogens with one attached hydrogen (secondary N) is 1. The zero-order valence-electron chi connectivity index (χ0n) is 11.0. The number of carbonyl (C=O) groups excluding carboxylic acids is 2. The zero-order chi connectivity index (χ0) is 14.2. The van der Waals surface area contributed by atoms with Crippen LogP contribution in [0.1, 0.15) is 17.7 Å². The fraction of sp³-hybridized carbons (Fsp3) is 0.429. The van der Waals surface area contributed by atoms with Crippen molar-refractivity contribution in [3.05, 3.63) is 28.5 Å². The molecule has 1 aromatic rings. The lowest BCUT2D eigenvalue weighted by Crippen LogP contribution is -2.34. The molecule has 2 rings (SSSR count). The molecule has 0 aromatic carbocycles. The van der Waals surface area contributed by atoms with Crippen LogP contribution in [0.15, 0.2) is 23.6 Å². The van der Waals surface area contributed by atoms with Gasteiger partial charge in [-0.25, -0.2) is 4.79 Å². The molecule has 0 saturated carbocycles. The number of thiophene rings is 1. The summed E-state index contributed by atoms with van der Waals surface area (Å²) in [4.78, 5) is 23.8. The maximum atomic E-state index is 11.5. The van der Waals surface area contributed by atoms with Crippen molar-refractivity contribution in [3.8, 4) is 0 Å². The van der Waals surface area contributed by atoms with Crippen LogP contribution in [0.25, 0.3) is 6.08 Å². The van der Waals surface area contributed by atoms with E-state index in [0.717, 1.165) is 24.3 Å². The molecule has 1 atom stereocenters. The fourth-order valence-corrected chi connectivity index (χ4v) is 2.42. The van der Waals surface area contributed by atoms with E-state index in [0.29, 0.717) is 6.54 Å². The van der Waals surface area contributed by atoms with Crippen molar-refractivity contribution in [2.75, 3.05) is 19.8 Å². The summed E-state index contributed by atoms with van der Waals surface area (Å²) in [5.41, 5.74) is 0. The van der Waals surface area contributed by atoms with Crippen LogP contribution in [0.4, 0.5) is 0 Å². The zero-order valence-corrected chi connectivity index (χ0v) is 11.9. The third-order valence-electron chi connectivity index (χ3n) is 2.82. The van der Waals surface area contributed by atoms with Crippen LogP contribution in [0.3, 0.4) is 0 Å². The van der Waals surface area contributed by atoms with E-state index in [1.807, 2.05) is 17.5 Å². The Morgan fingerprint density at radius 3 is 3.15 bits per heavy atom. The predicted octanol–water partition coefficient (Wildman–Crippen LogP) is 1.60. The number of rotatable bonds is 6. The van der Waals surface area contributed by atoms with Gasteiger partial charge >= 0.3 is 5.97 Å². The third-order valence-corrected chi connectivity index (χ3v) is 3.66. The van der Waals surface area contributed by atoms with E-state index in [2.05, 4.69) is 5.32 Å². The van der Waals surface area contributed by atoms with E-state index in [1.165, 1.54) is 17.4 Å². The van der Waals surface area contributed by atoms with Crippen LogP contribution in [0.2, 0.25) is 0 Å². The highest BCUT2D eigenvalue weighted by Gasteiger charge is 2.16. The Morgan fingerprint density at radius 1 is 1.55 bits per heavy atom. The topological polar surface area (TPSA) is 64.6 Å². The number of esters is 1. The van der Waals surface area contributed by atoms with E-state index in [4.69, 9.17) is 9.47 Å². The van der Waals surface area contributed by atoms with Crippen LogP contribution in [0, 0.1) is 0 Å². The monoisotopic (exact) mass is 295 g/mol. The molecule has 20 heavy (non-hydrogen) atoms. The normalized spacial score (nSPS) is 18.3. The van der Waals surface area contributed by atoms with E-state index in [-0.39, 0.29) is 18.6 Å². The van der Waals surface area contributed by atoms with Crippen molar-refractivity contribution >= 4 is 29.3 Å². The van der Waals surface area contributed by atoms with Gasteiger partial charge in [0.1, 0.15) is 0 Å². The number of amides is 1. The molecule has 1 fully saturated rings. The average Bonchev–Trinajstić information content (AvgIpc) is 3.13. The standard InChI is InChI=1S/C14H17NO4S/c16-13(15-9-11-3-1-7-18-11)10-19-14(17)6-5-12-4-2-8-20-12/h2,4-6,8,11H,1,3,7,9-10H2,(H,15,16). The van der Waals surface area contributed by atoms with Gasteiger partial charge in [0.15, 0.2) is 6.61 Å². The SMILES string of the molecule is O=C(COC(=O)C=Cc1cccs1)NCC1CCCO1. The molecule has 5 nitrogen and oxygen atoms in total. The minimum atomic E-state index is -0.523. The van der Waals surface area contributed by atoms with E-state index in [9.17, 15) is 9.59 Å². The molecule has 6 heteroatoms. The predicted molar refractivity (Wildman–Crippen MR) is 76.3 cm³/mol. The Bertz CT molecular complexity index is 464. The van der Waals surface area contributed by atoms with Crippen LogP contribution in [0.5, 0.6) is 0 Å². The van der Waals surface area contributed by atoms with Gasteiger partial charge in [-0.15, -0.1) is 11.3 Å². The lowest BCUT2D eigenvalue weighted by molar-refractivity contribution is -0.143. The third kappa shape index (κ3) is 5.14. The van der Waals surface area contributed by atoms with Crippen molar-refractivity contribution in [3.63, 3.8) is 0 Å². The van der Waals surface area contributed by atoms with Gasteiger partial charge in [-0.3, -0.25) is 4.79 Å². The van der Waals surface area contributed by atoms with Gasteiger partial charge in [0.2, 0.25) is 0 Å². The van der Waals surface area contributed by atoms with E-state index < -0.39 is 5.97 Å². The average molecular weight is 295 g/mol. The summed E-state index contributed by atoms with van der Waals surface area (Å²) in [5.74, 6) is -0.830. The van der Waals surface area contributed by atoms with Gasteiger partial charge in [-0.2, -0.15) is 0 Å². The smallest absolute Gasteiger partial charge is 0.331 e. The Balaban J connectivity index is 1.61. The van der Waals surface area contributed by atoms with Crippen molar-refractivity contribution < 1.29 is 19.1 Å². The number of hydrogen-bond acceptors (Lipinski definition) is 5. The quantitative estimate of drug-likeness (QED) is 0.639. The van der Waals surface area contributed by atoms with Crippen molar-refractivity contribution in [2.45, 2.75) is 18.9 Å². The molecule has 0 bridgehead atoms. The Morgan fingerprint density at radius 2 is 2.45 bits per heavy atom. The Hall–Kier alpha value is -1.66. The van der Waals surface area contributed by atoms with Crippen molar-refractivity contribution in [1.29, 1.82) is 0 Å². The molecule has 108 valence electrons. The van der Waals surface area contributed by atoms with Crippen LogP contribution in [-0.2, 0) is 19.1 Å². The van der Waals surface area contributed by atoms with Crippen molar-refractivity contribution in [1.82, 2.24) is 5.32 Å². The second kappa shape index (κ2) is 7.81. The number of hydrogen-bond donors (Lipinski definition) is 1. The van der Waals surface area contributed by atoms with Gasteiger partial charge in [0.25, 0.3) is 5.91 Å². The summed E-state index contributed by atoms with van der Waals surface area (Å²) >= 11 is 1.52. The molecule has 1 aliphatic heterocycles. The number of ether oxygens (including phenoxy) is 2. The highest BCUT2D eigenvalue weighted by molar-refractivity contribution is 7.10. The minimum absolute atomic E-state index is 0.0911. The summed E-state index contributed by atoms with van der Waals surface area (Å²) in [7, 11) is 0. The van der Waals surface area contributed by atoms with Gasteiger partial charge < -0.3 is 14.8 Å². The number of carbonyl (C=O) groups is 2.